The van der Waals surface area contributed by atoms with Crippen molar-refractivity contribution in [3.63, 3.8) is 0 Å². The molecule has 2 aromatic rings. The van der Waals surface area contributed by atoms with Crippen LogP contribution in [0, 0.1) is 5.92 Å². The topological polar surface area (TPSA) is 75.6 Å². The third-order valence-electron chi connectivity index (χ3n) is 4.84. The van der Waals surface area contributed by atoms with Crippen LogP contribution in [0.4, 0.5) is 4.79 Å². The van der Waals surface area contributed by atoms with Gasteiger partial charge in [-0.3, -0.25) is 4.79 Å². The first-order valence-electron chi connectivity index (χ1n) is 9.29. The first kappa shape index (κ1) is 19.0. The van der Waals surface area contributed by atoms with Crippen molar-refractivity contribution in [2.24, 2.45) is 5.92 Å². The third kappa shape index (κ3) is 4.48. The standard InChI is InChI=1S/C22H25NO4/c1-14(2)11-15(12-21(24)25)23-22(26)27-13-20-18-9-5-3-7-16(18)17-8-4-6-10-19(17)20/h3-10,14-15,20H,11-13H2,1-2H3,(H,23,26)(H,24,25). The van der Waals surface area contributed by atoms with Gasteiger partial charge in [0.15, 0.2) is 0 Å². The van der Waals surface area contributed by atoms with Crippen LogP contribution in [-0.4, -0.2) is 29.8 Å². The second-order valence-electron chi connectivity index (χ2n) is 7.39. The molecule has 0 aromatic heterocycles. The molecular weight excluding hydrogens is 342 g/mol. The van der Waals surface area contributed by atoms with Gasteiger partial charge in [0.25, 0.3) is 0 Å². The van der Waals surface area contributed by atoms with Crippen LogP contribution in [0.15, 0.2) is 48.5 Å². The number of rotatable bonds is 7. The molecule has 1 unspecified atom stereocenters. The van der Waals surface area contributed by atoms with E-state index in [1.54, 1.807) is 0 Å². The van der Waals surface area contributed by atoms with E-state index in [2.05, 4.69) is 29.6 Å². The van der Waals surface area contributed by atoms with E-state index >= 15 is 0 Å². The Hall–Kier alpha value is -2.82. The smallest absolute Gasteiger partial charge is 0.407 e. The van der Waals surface area contributed by atoms with Crippen molar-refractivity contribution in [3.05, 3.63) is 59.7 Å². The molecule has 0 saturated heterocycles. The van der Waals surface area contributed by atoms with E-state index in [4.69, 9.17) is 9.84 Å². The Labute approximate surface area is 159 Å². The average Bonchev–Trinajstić information content (AvgIpc) is 2.93. The number of alkyl carbamates (subject to hydrolysis) is 1. The number of carboxylic acids is 1. The molecule has 1 atom stereocenters. The number of carbonyl (C=O) groups is 2. The predicted octanol–water partition coefficient (Wildman–Crippen LogP) is 4.41. The zero-order valence-electron chi connectivity index (χ0n) is 15.6. The quantitative estimate of drug-likeness (QED) is 0.760. The van der Waals surface area contributed by atoms with E-state index in [9.17, 15) is 9.59 Å². The van der Waals surface area contributed by atoms with Gasteiger partial charge in [0, 0.05) is 12.0 Å². The van der Waals surface area contributed by atoms with Gasteiger partial charge < -0.3 is 15.2 Å². The molecule has 1 amide bonds. The first-order chi connectivity index (χ1) is 13.0. The predicted molar refractivity (Wildman–Crippen MR) is 104 cm³/mol. The third-order valence-corrected chi connectivity index (χ3v) is 4.84. The molecule has 0 bridgehead atoms. The van der Waals surface area contributed by atoms with Crippen LogP contribution in [0.1, 0.15) is 43.7 Å². The van der Waals surface area contributed by atoms with Gasteiger partial charge in [-0.15, -0.1) is 0 Å². The number of fused-ring (bicyclic) bond motifs is 3. The fraction of sp³-hybridized carbons (Fsp3) is 0.364. The summed E-state index contributed by atoms with van der Waals surface area (Å²) in [6.45, 7) is 4.21. The summed E-state index contributed by atoms with van der Waals surface area (Å²) in [5.41, 5.74) is 4.64. The van der Waals surface area contributed by atoms with Crippen molar-refractivity contribution < 1.29 is 19.4 Å². The Kier molecular flexibility index (Phi) is 5.79. The lowest BCUT2D eigenvalue weighted by atomic mass is 9.98. The van der Waals surface area contributed by atoms with E-state index in [-0.39, 0.29) is 24.9 Å². The number of hydrogen-bond acceptors (Lipinski definition) is 3. The van der Waals surface area contributed by atoms with Gasteiger partial charge in [-0.1, -0.05) is 62.4 Å². The minimum Gasteiger partial charge on any atom is -0.481 e. The molecule has 1 aliphatic carbocycles. The van der Waals surface area contributed by atoms with E-state index in [1.807, 2.05) is 38.1 Å². The lowest BCUT2D eigenvalue weighted by molar-refractivity contribution is -0.137. The number of carboxylic acid groups (broad SMARTS) is 1. The summed E-state index contributed by atoms with van der Waals surface area (Å²) in [4.78, 5) is 23.3. The molecule has 0 radical (unpaired) electrons. The van der Waals surface area contributed by atoms with E-state index in [0.29, 0.717) is 6.42 Å². The lowest BCUT2D eigenvalue weighted by Gasteiger charge is -2.20. The van der Waals surface area contributed by atoms with Crippen LogP contribution in [0.5, 0.6) is 0 Å². The monoisotopic (exact) mass is 367 g/mol. The SMILES string of the molecule is CC(C)CC(CC(=O)O)NC(=O)OCC1c2ccccc2-c2ccccc21. The van der Waals surface area contributed by atoms with Crippen LogP contribution >= 0.6 is 0 Å². The Morgan fingerprint density at radius 3 is 2.11 bits per heavy atom. The number of nitrogens with one attached hydrogen (secondary N) is 1. The second-order valence-corrected chi connectivity index (χ2v) is 7.39. The Morgan fingerprint density at radius 1 is 1.04 bits per heavy atom. The van der Waals surface area contributed by atoms with Crippen LogP contribution in [0.3, 0.4) is 0 Å². The normalized spacial score (nSPS) is 13.7. The van der Waals surface area contributed by atoms with Crippen LogP contribution in [0.25, 0.3) is 11.1 Å². The highest BCUT2D eigenvalue weighted by Gasteiger charge is 2.29. The van der Waals surface area contributed by atoms with Gasteiger partial charge in [-0.2, -0.15) is 0 Å². The molecule has 2 N–H and O–H groups in total. The summed E-state index contributed by atoms with van der Waals surface area (Å²) in [5.74, 6) is -0.658. The summed E-state index contributed by atoms with van der Waals surface area (Å²) >= 11 is 0. The average molecular weight is 367 g/mol. The molecule has 0 saturated carbocycles. The fourth-order valence-corrected chi connectivity index (χ4v) is 3.78. The number of benzene rings is 2. The van der Waals surface area contributed by atoms with Crippen molar-refractivity contribution in [3.8, 4) is 11.1 Å². The highest BCUT2D eigenvalue weighted by atomic mass is 16.5. The van der Waals surface area contributed by atoms with Crippen LogP contribution in [-0.2, 0) is 9.53 Å². The van der Waals surface area contributed by atoms with Gasteiger partial charge in [-0.25, -0.2) is 4.79 Å². The minimum absolute atomic E-state index is 0.00817. The summed E-state index contributed by atoms with van der Waals surface area (Å²) in [5, 5.41) is 11.7. The number of ether oxygens (including phenoxy) is 1. The largest absolute Gasteiger partial charge is 0.481 e. The molecule has 1 aliphatic rings. The Balaban J connectivity index is 1.67. The lowest BCUT2D eigenvalue weighted by Crippen LogP contribution is -2.38. The van der Waals surface area contributed by atoms with Gasteiger partial charge in [0.2, 0.25) is 0 Å². The number of aliphatic carboxylic acids is 1. The Bertz CT molecular complexity index is 785. The van der Waals surface area contributed by atoms with E-state index in [1.165, 1.54) is 11.1 Å². The molecule has 0 aliphatic heterocycles. The number of hydrogen-bond donors (Lipinski definition) is 2. The maximum Gasteiger partial charge on any atom is 0.407 e. The molecular formula is C22H25NO4. The minimum atomic E-state index is -0.931. The van der Waals surface area contributed by atoms with Crippen LogP contribution in [0.2, 0.25) is 0 Å². The number of carbonyl (C=O) groups excluding carboxylic acids is 1. The molecule has 0 fully saturated rings. The molecule has 0 spiro atoms. The van der Waals surface area contributed by atoms with Crippen molar-refractivity contribution in [2.75, 3.05) is 6.61 Å². The van der Waals surface area contributed by atoms with Gasteiger partial charge in [0.1, 0.15) is 6.61 Å². The molecule has 0 heterocycles. The zero-order valence-corrected chi connectivity index (χ0v) is 15.6. The molecule has 27 heavy (non-hydrogen) atoms. The first-order valence-corrected chi connectivity index (χ1v) is 9.29. The van der Waals surface area contributed by atoms with Crippen LogP contribution < -0.4 is 5.32 Å². The molecule has 3 rings (SSSR count). The van der Waals surface area contributed by atoms with Gasteiger partial charge in [-0.05, 0) is 34.6 Å². The van der Waals surface area contributed by atoms with E-state index in [0.717, 1.165) is 11.1 Å². The van der Waals surface area contributed by atoms with E-state index < -0.39 is 18.1 Å². The zero-order chi connectivity index (χ0) is 19.4. The molecule has 5 nitrogen and oxygen atoms in total. The molecule has 142 valence electrons. The van der Waals surface area contributed by atoms with Gasteiger partial charge in [0.05, 0.1) is 6.42 Å². The Morgan fingerprint density at radius 2 is 1.59 bits per heavy atom. The van der Waals surface area contributed by atoms with Crippen molar-refractivity contribution in [1.82, 2.24) is 5.32 Å². The second kappa shape index (κ2) is 8.25. The maximum absolute atomic E-state index is 12.3. The number of amides is 1. The van der Waals surface area contributed by atoms with Crippen molar-refractivity contribution in [1.29, 1.82) is 0 Å². The summed E-state index contributed by atoms with van der Waals surface area (Å²) < 4.78 is 5.49. The molecule has 2 aromatic carbocycles. The highest BCUT2D eigenvalue weighted by molar-refractivity contribution is 5.79. The van der Waals surface area contributed by atoms with Gasteiger partial charge >= 0.3 is 12.1 Å². The summed E-state index contributed by atoms with van der Waals surface area (Å²) in [6, 6.07) is 15.9. The maximum atomic E-state index is 12.3. The summed E-state index contributed by atoms with van der Waals surface area (Å²) in [6.07, 6.45) is -0.0810. The molecule has 5 heteroatoms. The highest BCUT2D eigenvalue weighted by Crippen LogP contribution is 2.44. The van der Waals surface area contributed by atoms with Crippen molar-refractivity contribution >= 4 is 12.1 Å². The van der Waals surface area contributed by atoms with Crippen molar-refractivity contribution in [2.45, 2.75) is 38.6 Å². The summed E-state index contributed by atoms with van der Waals surface area (Å²) in [7, 11) is 0. The fourth-order valence-electron chi connectivity index (χ4n) is 3.78.